The van der Waals surface area contributed by atoms with Gasteiger partial charge >= 0.3 is 0 Å². The summed E-state index contributed by atoms with van der Waals surface area (Å²) >= 11 is 0. The van der Waals surface area contributed by atoms with Crippen LogP contribution in [0.15, 0.2) is 12.4 Å². The summed E-state index contributed by atoms with van der Waals surface area (Å²) in [6.07, 6.45) is 4.99. The van der Waals surface area contributed by atoms with Gasteiger partial charge in [-0.2, -0.15) is 0 Å². The Bertz CT molecular complexity index is 438. The Morgan fingerprint density at radius 2 is 2.00 bits per heavy atom. The predicted octanol–water partition coefficient (Wildman–Crippen LogP) is 2.85. The van der Waals surface area contributed by atoms with E-state index in [1.165, 1.54) is 6.42 Å². The maximum atomic E-state index is 4.76. The van der Waals surface area contributed by atoms with Crippen LogP contribution in [0.5, 0.6) is 0 Å². The molecule has 20 heavy (non-hydrogen) atoms. The van der Waals surface area contributed by atoms with Gasteiger partial charge in [-0.1, -0.05) is 13.8 Å². The maximum absolute atomic E-state index is 4.76. The lowest BCUT2D eigenvalue weighted by molar-refractivity contribution is 0.322. The maximum Gasteiger partial charge on any atom is 0.147 e. The van der Waals surface area contributed by atoms with Crippen LogP contribution in [0.2, 0.25) is 0 Å². The first kappa shape index (κ1) is 15.2. The Hall–Kier alpha value is -1.16. The molecule has 0 saturated carbocycles. The molecule has 1 aromatic rings. The fraction of sp³-hybridized carbons (Fsp3) is 0.750. The zero-order valence-electron chi connectivity index (χ0n) is 13.5. The number of piperidine rings is 1. The van der Waals surface area contributed by atoms with Gasteiger partial charge in [-0.15, -0.1) is 0 Å². The monoisotopic (exact) mass is 276 g/mol. The van der Waals surface area contributed by atoms with Gasteiger partial charge in [0, 0.05) is 31.4 Å². The molecule has 0 spiro atoms. The normalized spacial score (nSPS) is 23.9. The van der Waals surface area contributed by atoms with E-state index in [0.717, 1.165) is 43.0 Å². The Balaban J connectivity index is 2.02. The molecule has 0 amide bonds. The molecular weight excluding hydrogens is 248 g/mol. The van der Waals surface area contributed by atoms with Crippen molar-refractivity contribution in [3.63, 3.8) is 0 Å². The third-order valence-corrected chi connectivity index (χ3v) is 4.13. The Morgan fingerprint density at radius 1 is 1.25 bits per heavy atom. The molecular formula is C16H28N4. The summed E-state index contributed by atoms with van der Waals surface area (Å²) in [6, 6.07) is 0. The molecule has 4 heteroatoms. The molecule has 2 heterocycles. The minimum atomic E-state index is 0.104. The van der Waals surface area contributed by atoms with Gasteiger partial charge in [0.05, 0.1) is 11.9 Å². The van der Waals surface area contributed by atoms with Gasteiger partial charge in [0.2, 0.25) is 0 Å². The molecule has 0 bridgehead atoms. The number of rotatable bonds is 3. The van der Waals surface area contributed by atoms with Crippen LogP contribution in [0.4, 0.5) is 5.82 Å². The number of anilines is 1. The highest BCUT2D eigenvalue weighted by Gasteiger charge is 2.23. The molecule has 1 fully saturated rings. The third-order valence-electron chi connectivity index (χ3n) is 4.13. The van der Waals surface area contributed by atoms with Crippen molar-refractivity contribution in [2.24, 2.45) is 11.8 Å². The summed E-state index contributed by atoms with van der Waals surface area (Å²) in [4.78, 5) is 11.5. The van der Waals surface area contributed by atoms with Crippen molar-refractivity contribution >= 4 is 5.82 Å². The molecule has 1 N–H and O–H groups in total. The average molecular weight is 276 g/mol. The molecule has 0 radical (unpaired) electrons. The topological polar surface area (TPSA) is 41.1 Å². The minimum absolute atomic E-state index is 0.104. The molecule has 0 aliphatic carbocycles. The molecule has 4 nitrogen and oxygen atoms in total. The van der Waals surface area contributed by atoms with Crippen LogP contribution in [-0.4, -0.2) is 28.6 Å². The van der Waals surface area contributed by atoms with Crippen LogP contribution >= 0.6 is 0 Å². The van der Waals surface area contributed by atoms with E-state index in [9.17, 15) is 0 Å². The number of hydrogen-bond donors (Lipinski definition) is 1. The second-order valence-electron chi connectivity index (χ2n) is 7.16. The van der Waals surface area contributed by atoms with E-state index in [2.05, 4.69) is 49.8 Å². The second kappa shape index (κ2) is 6.08. The molecule has 0 aromatic carbocycles. The van der Waals surface area contributed by atoms with Crippen LogP contribution < -0.4 is 10.2 Å². The van der Waals surface area contributed by atoms with Crippen LogP contribution in [0.25, 0.3) is 0 Å². The van der Waals surface area contributed by atoms with E-state index in [-0.39, 0.29) is 5.54 Å². The van der Waals surface area contributed by atoms with E-state index < -0.39 is 0 Å². The number of hydrogen-bond acceptors (Lipinski definition) is 4. The first-order chi connectivity index (χ1) is 9.35. The van der Waals surface area contributed by atoms with Gasteiger partial charge in [-0.3, -0.25) is 4.98 Å². The summed E-state index contributed by atoms with van der Waals surface area (Å²) in [7, 11) is 0. The van der Waals surface area contributed by atoms with Gasteiger partial charge in [0.25, 0.3) is 0 Å². The van der Waals surface area contributed by atoms with Gasteiger partial charge in [-0.05, 0) is 39.0 Å². The highest BCUT2D eigenvalue weighted by atomic mass is 15.2. The second-order valence-corrected chi connectivity index (χ2v) is 7.16. The van der Waals surface area contributed by atoms with Crippen molar-refractivity contribution in [2.45, 2.75) is 53.1 Å². The zero-order valence-corrected chi connectivity index (χ0v) is 13.5. The Kier molecular flexibility index (Phi) is 4.63. The summed E-state index contributed by atoms with van der Waals surface area (Å²) in [6.45, 7) is 14.1. The SMILES string of the molecule is CC1CCN(c2cncc(CNC(C)(C)C)n2)CC1C. The third kappa shape index (κ3) is 4.17. The van der Waals surface area contributed by atoms with E-state index in [0.29, 0.717) is 0 Å². The fourth-order valence-electron chi connectivity index (χ4n) is 2.46. The van der Waals surface area contributed by atoms with E-state index in [4.69, 9.17) is 4.98 Å². The summed E-state index contributed by atoms with van der Waals surface area (Å²) in [5.74, 6) is 2.56. The highest BCUT2D eigenvalue weighted by Crippen LogP contribution is 2.25. The fourth-order valence-corrected chi connectivity index (χ4v) is 2.46. The van der Waals surface area contributed by atoms with E-state index in [1.54, 1.807) is 0 Å². The largest absolute Gasteiger partial charge is 0.355 e. The van der Waals surface area contributed by atoms with Crippen molar-refractivity contribution in [1.82, 2.24) is 15.3 Å². The number of aromatic nitrogens is 2. The van der Waals surface area contributed by atoms with Crippen molar-refractivity contribution < 1.29 is 0 Å². The van der Waals surface area contributed by atoms with E-state index in [1.807, 2.05) is 12.4 Å². The number of nitrogens with zero attached hydrogens (tertiary/aromatic N) is 3. The first-order valence-electron chi connectivity index (χ1n) is 7.66. The Labute approximate surface area is 123 Å². The Morgan fingerprint density at radius 3 is 2.65 bits per heavy atom. The van der Waals surface area contributed by atoms with Crippen molar-refractivity contribution in [3.05, 3.63) is 18.1 Å². The van der Waals surface area contributed by atoms with Gasteiger partial charge < -0.3 is 10.2 Å². The molecule has 1 aliphatic heterocycles. The lowest BCUT2D eigenvalue weighted by Crippen LogP contribution is -2.39. The zero-order chi connectivity index (χ0) is 14.8. The van der Waals surface area contributed by atoms with Crippen LogP contribution in [0.1, 0.15) is 46.7 Å². The van der Waals surface area contributed by atoms with E-state index >= 15 is 0 Å². The summed E-state index contributed by atoms with van der Waals surface area (Å²) in [5.41, 5.74) is 1.12. The van der Waals surface area contributed by atoms with Crippen molar-refractivity contribution in [1.29, 1.82) is 0 Å². The molecule has 2 unspecified atom stereocenters. The predicted molar refractivity (Wildman–Crippen MR) is 83.8 cm³/mol. The first-order valence-corrected chi connectivity index (χ1v) is 7.66. The average Bonchev–Trinajstić information content (AvgIpc) is 2.39. The number of nitrogens with one attached hydrogen (secondary N) is 1. The van der Waals surface area contributed by atoms with Gasteiger partial charge in [0.15, 0.2) is 0 Å². The molecule has 1 aromatic heterocycles. The summed E-state index contributed by atoms with van der Waals surface area (Å²) in [5, 5.41) is 3.46. The summed E-state index contributed by atoms with van der Waals surface area (Å²) < 4.78 is 0. The van der Waals surface area contributed by atoms with Crippen LogP contribution in [0, 0.1) is 11.8 Å². The van der Waals surface area contributed by atoms with Crippen molar-refractivity contribution in [3.8, 4) is 0 Å². The molecule has 112 valence electrons. The minimum Gasteiger partial charge on any atom is -0.355 e. The lowest BCUT2D eigenvalue weighted by atomic mass is 9.89. The molecule has 2 rings (SSSR count). The lowest BCUT2D eigenvalue weighted by Gasteiger charge is -2.36. The molecule has 2 atom stereocenters. The molecule has 1 saturated heterocycles. The smallest absolute Gasteiger partial charge is 0.147 e. The molecule has 1 aliphatic rings. The van der Waals surface area contributed by atoms with Crippen LogP contribution in [-0.2, 0) is 6.54 Å². The van der Waals surface area contributed by atoms with Gasteiger partial charge in [0.1, 0.15) is 5.82 Å². The van der Waals surface area contributed by atoms with Gasteiger partial charge in [-0.25, -0.2) is 4.98 Å². The van der Waals surface area contributed by atoms with Crippen molar-refractivity contribution in [2.75, 3.05) is 18.0 Å². The van der Waals surface area contributed by atoms with Crippen LogP contribution in [0.3, 0.4) is 0 Å². The quantitative estimate of drug-likeness (QED) is 0.921. The highest BCUT2D eigenvalue weighted by molar-refractivity contribution is 5.37. The standard InChI is InChI=1S/C16H28N4/c1-12-6-7-20(11-13(12)2)15-10-17-8-14(19-15)9-18-16(3,4)5/h8,10,12-13,18H,6-7,9,11H2,1-5H3.